The molecule has 0 saturated heterocycles. The van der Waals surface area contributed by atoms with E-state index in [-0.39, 0.29) is 0 Å². The Bertz CT molecular complexity index is 7340. The molecule has 0 aliphatic rings. The lowest BCUT2D eigenvalue weighted by atomic mass is 9.85. The molecule has 0 saturated carbocycles. The van der Waals surface area contributed by atoms with E-state index in [1.165, 1.54) is 132 Å². The molecule has 4 heteroatoms. The number of anilines is 12. The zero-order valence-corrected chi connectivity index (χ0v) is 69.4. The van der Waals surface area contributed by atoms with Crippen LogP contribution in [0.3, 0.4) is 0 Å². The average Bonchev–Trinajstić information content (AvgIpc) is 0.735. The Balaban J connectivity index is 0.000000154. The summed E-state index contributed by atoms with van der Waals surface area (Å²) in [7, 11) is 0. The fourth-order valence-electron chi connectivity index (χ4n) is 18.3. The van der Waals surface area contributed by atoms with Crippen molar-refractivity contribution in [2.24, 2.45) is 0 Å². The summed E-state index contributed by atoms with van der Waals surface area (Å²) in [6.07, 6.45) is 0. The Hall–Kier alpha value is -16.7. The Labute approximate surface area is 736 Å². The largest absolute Gasteiger partial charge is 0.311 e. The molecule has 22 rings (SSSR count). The third-order valence-corrected chi connectivity index (χ3v) is 24.3. The van der Waals surface area contributed by atoms with Gasteiger partial charge in [-0.15, -0.1) is 0 Å². The minimum absolute atomic E-state index is 1.09. The molecule has 0 unspecified atom stereocenters. The van der Waals surface area contributed by atoms with Gasteiger partial charge >= 0.3 is 0 Å². The van der Waals surface area contributed by atoms with Crippen LogP contribution in [0.5, 0.6) is 0 Å². The Morgan fingerprint density at radius 3 is 0.484 bits per heavy atom. The molecular formula is C122H86N4. The van der Waals surface area contributed by atoms with Gasteiger partial charge in [-0.1, -0.05) is 370 Å². The first kappa shape index (κ1) is 76.7. The van der Waals surface area contributed by atoms with Crippen LogP contribution in [-0.4, -0.2) is 0 Å². The van der Waals surface area contributed by atoms with Crippen molar-refractivity contribution in [1.29, 1.82) is 0 Å². The standard InChI is InChI=1S/C62H44N2.C60H42N2/c1-5-17-45(18-6-1)46-29-31-49(32-30-46)61-57-25-13-15-27-59(57)62(60-28-16-14-26-58(60)61)50-37-43-56(44-38-50)64(53-23-11-4-12-24-53)55-41-35-48(36-42-55)47-33-39-54(40-34-47)63(51-19-7-2-8-20-51)52-21-9-3-10-22-52;1-4-18-49(19-5-1)61(50-20-6-2-7-21-50)52-36-30-44(31-37-52)45-32-38-53(39-33-45)62(51-22-8-3-9-23-51)54-40-34-46(35-41-54)59-55-24-12-14-26-57(55)60(58-27-15-13-25-56(58)59)48-29-28-43-16-10-11-17-47(43)42-48/h1-44H;1-42H. The van der Waals surface area contributed by atoms with Crippen molar-refractivity contribution in [3.05, 3.63) is 522 Å². The lowest BCUT2D eigenvalue weighted by Crippen LogP contribution is -2.09. The van der Waals surface area contributed by atoms with Gasteiger partial charge < -0.3 is 19.6 Å². The number of nitrogens with zero attached hydrogens (tertiary/aromatic N) is 4. The number of rotatable bonds is 19. The minimum Gasteiger partial charge on any atom is -0.311 e. The second-order valence-corrected chi connectivity index (χ2v) is 31.8. The summed E-state index contributed by atoms with van der Waals surface area (Å²) in [6.45, 7) is 0. The van der Waals surface area contributed by atoms with Crippen LogP contribution in [0.1, 0.15) is 0 Å². The molecule has 0 amide bonds. The first-order valence-corrected chi connectivity index (χ1v) is 43.2. The molecule has 0 aliphatic carbocycles. The number of para-hydroxylation sites is 6. The summed E-state index contributed by atoms with van der Waals surface area (Å²) >= 11 is 0. The van der Waals surface area contributed by atoms with Gasteiger partial charge in [-0.25, -0.2) is 0 Å². The summed E-state index contributed by atoms with van der Waals surface area (Å²) in [5, 5.41) is 12.5. The predicted octanol–water partition coefficient (Wildman–Crippen LogP) is 34.7. The van der Waals surface area contributed by atoms with E-state index in [1.807, 2.05) is 0 Å². The van der Waals surface area contributed by atoms with E-state index in [4.69, 9.17) is 0 Å². The molecule has 22 aromatic carbocycles. The van der Waals surface area contributed by atoms with Crippen LogP contribution >= 0.6 is 0 Å². The highest BCUT2D eigenvalue weighted by molar-refractivity contribution is 6.23. The summed E-state index contributed by atoms with van der Waals surface area (Å²) in [5.41, 5.74) is 30.3. The maximum atomic E-state index is 2.34. The number of benzene rings is 22. The summed E-state index contributed by atoms with van der Waals surface area (Å²) in [5.74, 6) is 0. The van der Waals surface area contributed by atoms with Gasteiger partial charge in [0.25, 0.3) is 0 Å². The van der Waals surface area contributed by atoms with Gasteiger partial charge in [0, 0.05) is 68.2 Å². The molecule has 0 atom stereocenters. The molecule has 0 N–H and O–H groups in total. The van der Waals surface area contributed by atoms with Gasteiger partial charge in [0.05, 0.1) is 0 Å². The van der Waals surface area contributed by atoms with E-state index in [0.29, 0.717) is 0 Å². The molecule has 22 aromatic rings. The van der Waals surface area contributed by atoms with E-state index in [2.05, 4.69) is 541 Å². The SMILES string of the molecule is c1ccc(-c2ccc(-c3c4ccccc4c(-c4ccc(N(c5ccccc5)c5ccc(-c6ccc(N(c7ccccc7)c7ccccc7)cc6)cc5)cc4)c4ccccc34)cc2)cc1.c1ccc(N(c2ccccc2)c2ccc(-c3ccc(N(c4ccccc4)c4ccc(-c5c6ccccc6c(-c6ccc7ccccc7c6)c6ccccc56)cc4)cc3)cc2)cc1. The molecule has 0 spiro atoms. The number of hydrogen-bond donors (Lipinski definition) is 0. The third kappa shape index (κ3) is 15.3. The van der Waals surface area contributed by atoms with Gasteiger partial charge in [-0.3, -0.25) is 0 Å². The van der Waals surface area contributed by atoms with E-state index < -0.39 is 0 Å². The van der Waals surface area contributed by atoms with E-state index in [0.717, 1.165) is 68.2 Å². The normalized spacial score (nSPS) is 11.2. The highest BCUT2D eigenvalue weighted by Crippen LogP contribution is 2.49. The smallest absolute Gasteiger partial charge is 0.0462 e. The summed E-state index contributed by atoms with van der Waals surface area (Å²) in [4.78, 5) is 9.27. The molecule has 0 bridgehead atoms. The summed E-state index contributed by atoms with van der Waals surface area (Å²) in [6, 6.07) is 188. The maximum absolute atomic E-state index is 2.34. The molecule has 126 heavy (non-hydrogen) atoms. The van der Waals surface area contributed by atoms with Gasteiger partial charge in [0.1, 0.15) is 0 Å². The van der Waals surface area contributed by atoms with Crippen LogP contribution < -0.4 is 19.6 Å². The van der Waals surface area contributed by atoms with Crippen molar-refractivity contribution in [3.63, 3.8) is 0 Å². The van der Waals surface area contributed by atoms with E-state index in [1.54, 1.807) is 0 Å². The quantitative estimate of drug-likeness (QED) is 0.0748. The predicted molar refractivity (Wildman–Crippen MR) is 537 cm³/mol. The van der Waals surface area contributed by atoms with Gasteiger partial charge in [-0.2, -0.15) is 0 Å². The molecule has 4 nitrogen and oxygen atoms in total. The third-order valence-electron chi connectivity index (χ3n) is 24.3. The van der Waals surface area contributed by atoms with Crippen molar-refractivity contribution in [2.75, 3.05) is 19.6 Å². The first-order chi connectivity index (χ1) is 62.5. The average molecular weight is 1610 g/mol. The van der Waals surface area contributed by atoms with Crippen LogP contribution in [0.15, 0.2) is 522 Å². The molecule has 0 aliphatic heterocycles. The fraction of sp³-hybridized carbons (Fsp3) is 0. The minimum atomic E-state index is 1.09. The van der Waals surface area contributed by atoms with Crippen LogP contribution in [0.4, 0.5) is 68.2 Å². The van der Waals surface area contributed by atoms with Crippen molar-refractivity contribution in [1.82, 2.24) is 0 Å². The Morgan fingerprint density at radius 1 is 0.0952 bits per heavy atom. The van der Waals surface area contributed by atoms with Crippen LogP contribution in [0, 0.1) is 0 Å². The van der Waals surface area contributed by atoms with Crippen molar-refractivity contribution < 1.29 is 0 Å². The van der Waals surface area contributed by atoms with Gasteiger partial charge in [0.15, 0.2) is 0 Å². The fourth-order valence-corrected chi connectivity index (χ4v) is 18.3. The first-order valence-electron chi connectivity index (χ1n) is 43.2. The van der Waals surface area contributed by atoms with Gasteiger partial charge in [0.2, 0.25) is 0 Å². The molecule has 0 radical (unpaired) electrons. The van der Waals surface area contributed by atoms with Crippen molar-refractivity contribution >= 4 is 122 Å². The van der Waals surface area contributed by atoms with Gasteiger partial charge in [-0.05, 0) is 283 Å². The highest BCUT2D eigenvalue weighted by Gasteiger charge is 2.23. The zero-order valence-electron chi connectivity index (χ0n) is 69.4. The Morgan fingerprint density at radius 2 is 0.246 bits per heavy atom. The zero-order chi connectivity index (χ0) is 83.9. The second-order valence-electron chi connectivity index (χ2n) is 31.8. The molecule has 0 heterocycles. The van der Waals surface area contributed by atoms with E-state index >= 15 is 0 Å². The number of hydrogen-bond acceptors (Lipinski definition) is 4. The Kier molecular flexibility index (Phi) is 21.2. The molecule has 0 aromatic heterocycles. The topological polar surface area (TPSA) is 13.0 Å². The van der Waals surface area contributed by atoms with Crippen molar-refractivity contribution in [2.45, 2.75) is 0 Å². The lowest BCUT2D eigenvalue weighted by molar-refractivity contribution is 1.28. The van der Waals surface area contributed by atoms with Crippen LogP contribution in [0.2, 0.25) is 0 Å². The van der Waals surface area contributed by atoms with Crippen molar-refractivity contribution in [3.8, 4) is 77.9 Å². The lowest BCUT2D eigenvalue weighted by Gasteiger charge is -2.26. The molecule has 0 fully saturated rings. The monoisotopic (exact) mass is 1610 g/mol. The summed E-state index contributed by atoms with van der Waals surface area (Å²) < 4.78 is 0. The number of fused-ring (bicyclic) bond motifs is 5. The second kappa shape index (κ2) is 34.8. The molecular weight excluding hydrogens is 1520 g/mol. The van der Waals surface area contributed by atoms with Crippen LogP contribution in [0.25, 0.3) is 132 Å². The highest BCUT2D eigenvalue weighted by atomic mass is 15.2. The van der Waals surface area contributed by atoms with Crippen LogP contribution in [-0.2, 0) is 0 Å². The maximum Gasteiger partial charge on any atom is 0.0462 e. The van der Waals surface area contributed by atoms with E-state index in [9.17, 15) is 0 Å². The molecule has 594 valence electrons.